The highest BCUT2D eigenvalue weighted by molar-refractivity contribution is 5.54. The van der Waals surface area contributed by atoms with E-state index < -0.39 is 0 Å². The van der Waals surface area contributed by atoms with Crippen LogP contribution in [0.25, 0.3) is 11.4 Å². The third-order valence-electron chi connectivity index (χ3n) is 3.18. The van der Waals surface area contributed by atoms with Gasteiger partial charge in [0.2, 0.25) is 0 Å². The molecule has 0 bridgehead atoms. The summed E-state index contributed by atoms with van der Waals surface area (Å²) in [5.74, 6) is 1.45. The van der Waals surface area contributed by atoms with Crippen LogP contribution in [0.1, 0.15) is 12.8 Å². The van der Waals surface area contributed by atoms with Gasteiger partial charge >= 0.3 is 0 Å². The molecule has 1 aliphatic rings. The second-order valence-corrected chi connectivity index (χ2v) is 4.61. The Kier molecular flexibility index (Phi) is 3.33. The van der Waals surface area contributed by atoms with E-state index in [9.17, 15) is 5.11 Å². The molecule has 3 heterocycles. The molecule has 1 fully saturated rings. The van der Waals surface area contributed by atoms with Crippen molar-refractivity contribution in [3.8, 4) is 11.4 Å². The number of rotatable bonds is 2. The SMILES string of the molecule is OC1CCCN(c2ccnc(-c3cncnc3)n2)C1. The van der Waals surface area contributed by atoms with Crippen LogP contribution in [0.15, 0.2) is 31.0 Å². The van der Waals surface area contributed by atoms with Crippen LogP contribution in [0.3, 0.4) is 0 Å². The average molecular weight is 257 g/mol. The van der Waals surface area contributed by atoms with Crippen LogP contribution in [0.5, 0.6) is 0 Å². The molecule has 0 radical (unpaired) electrons. The minimum atomic E-state index is -0.271. The third kappa shape index (κ3) is 2.68. The molecule has 6 nitrogen and oxygen atoms in total. The van der Waals surface area contributed by atoms with Crippen molar-refractivity contribution in [3.63, 3.8) is 0 Å². The van der Waals surface area contributed by atoms with E-state index in [2.05, 4.69) is 24.8 Å². The first-order valence-electron chi connectivity index (χ1n) is 6.34. The number of aromatic nitrogens is 4. The molecule has 3 rings (SSSR count). The zero-order chi connectivity index (χ0) is 13.1. The lowest BCUT2D eigenvalue weighted by molar-refractivity contribution is 0.154. The summed E-state index contributed by atoms with van der Waals surface area (Å²) in [6.07, 6.45) is 8.16. The van der Waals surface area contributed by atoms with Gasteiger partial charge in [-0.1, -0.05) is 0 Å². The lowest BCUT2D eigenvalue weighted by Crippen LogP contribution is -2.38. The number of aliphatic hydroxyl groups is 1. The fourth-order valence-electron chi connectivity index (χ4n) is 2.24. The number of hydrogen-bond acceptors (Lipinski definition) is 6. The minimum Gasteiger partial charge on any atom is -0.391 e. The third-order valence-corrected chi connectivity index (χ3v) is 3.18. The van der Waals surface area contributed by atoms with Crippen LogP contribution in [-0.2, 0) is 0 Å². The van der Waals surface area contributed by atoms with E-state index in [1.54, 1.807) is 18.6 Å². The molecule has 0 spiro atoms. The van der Waals surface area contributed by atoms with E-state index in [0.717, 1.165) is 30.8 Å². The number of anilines is 1. The van der Waals surface area contributed by atoms with Crippen LogP contribution in [0, 0.1) is 0 Å². The Labute approximate surface area is 111 Å². The van der Waals surface area contributed by atoms with Crippen molar-refractivity contribution in [3.05, 3.63) is 31.0 Å². The van der Waals surface area contributed by atoms with E-state index in [-0.39, 0.29) is 6.10 Å². The normalized spacial score (nSPS) is 19.4. The molecule has 98 valence electrons. The Bertz CT molecular complexity index is 548. The summed E-state index contributed by atoms with van der Waals surface area (Å²) < 4.78 is 0. The summed E-state index contributed by atoms with van der Waals surface area (Å²) in [6.45, 7) is 1.54. The summed E-state index contributed by atoms with van der Waals surface area (Å²) in [4.78, 5) is 18.8. The van der Waals surface area contributed by atoms with E-state index in [1.807, 2.05) is 6.07 Å². The molecule has 2 aromatic rings. The molecule has 0 aromatic carbocycles. The number of nitrogens with zero attached hydrogens (tertiary/aromatic N) is 5. The highest BCUT2D eigenvalue weighted by atomic mass is 16.3. The molecule has 0 amide bonds. The quantitative estimate of drug-likeness (QED) is 0.861. The van der Waals surface area contributed by atoms with Gasteiger partial charge < -0.3 is 10.0 Å². The molecule has 1 N–H and O–H groups in total. The van der Waals surface area contributed by atoms with Crippen molar-refractivity contribution in [2.24, 2.45) is 0 Å². The lowest BCUT2D eigenvalue weighted by atomic mass is 10.1. The molecule has 1 atom stereocenters. The molecular formula is C13H15N5O. The zero-order valence-electron chi connectivity index (χ0n) is 10.5. The van der Waals surface area contributed by atoms with Crippen molar-refractivity contribution in [1.29, 1.82) is 0 Å². The summed E-state index contributed by atoms with van der Waals surface area (Å²) in [5, 5.41) is 9.72. The van der Waals surface area contributed by atoms with E-state index >= 15 is 0 Å². The first-order valence-corrected chi connectivity index (χ1v) is 6.34. The van der Waals surface area contributed by atoms with Crippen molar-refractivity contribution in [2.75, 3.05) is 18.0 Å². The minimum absolute atomic E-state index is 0.271. The Balaban J connectivity index is 1.88. The largest absolute Gasteiger partial charge is 0.391 e. The van der Waals surface area contributed by atoms with Crippen molar-refractivity contribution in [1.82, 2.24) is 19.9 Å². The van der Waals surface area contributed by atoms with Gasteiger partial charge in [0.15, 0.2) is 5.82 Å². The van der Waals surface area contributed by atoms with Crippen molar-refractivity contribution in [2.45, 2.75) is 18.9 Å². The zero-order valence-corrected chi connectivity index (χ0v) is 10.5. The summed E-state index contributed by atoms with van der Waals surface area (Å²) >= 11 is 0. The maximum atomic E-state index is 9.72. The number of piperidine rings is 1. The monoisotopic (exact) mass is 257 g/mol. The van der Waals surface area contributed by atoms with Crippen LogP contribution < -0.4 is 4.90 Å². The van der Waals surface area contributed by atoms with Gasteiger partial charge in [-0.05, 0) is 18.9 Å². The smallest absolute Gasteiger partial charge is 0.164 e. The van der Waals surface area contributed by atoms with Gasteiger partial charge in [-0.2, -0.15) is 0 Å². The molecule has 0 aliphatic carbocycles. The van der Waals surface area contributed by atoms with E-state index in [4.69, 9.17) is 0 Å². The molecule has 2 aromatic heterocycles. The van der Waals surface area contributed by atoms with Crippen LogP contribution >= 0.6 is 0 Å². The maximum Gasteiger partial charge on any atom is 0.164 e. The Morgan fingerprint density at radius 1 is 1.26 bits per heavy atom. The second kappa shape index (κ2) is 5.27. The molecule has 19 heavy (non-hydrogen) atoms. The molecule has 1 unspecified atom stereocenters. The Morgan fingerprint density at radius 3 is 2.89 bits per heavy atom. The van der Waals surface area contributed by atoms with Gasteiger partial charge in [0, 0.05) is 31.7 Å². The summed E-state index contributed by atoms with van der Waals surface area (Å²) in [6, 6.07) is 1.87. The topological polar surface area (TPSA) is 75.0 Å². The average Bonchev–Trinajstić information content (AvgIpc) is 2.48. The summed E-state index contributed by atoms with van der Waals surface area (Å²) in [7, 11) is 0. The number of aliphatic hydroxyl groups excluding tert-OH is 1. The van der Waals surface area contributed by atoms with Gasteiger partial charge in [0.05, 0.1) is 11.7 Å². The van der Waals surface area contributed by atoms with Gasteiger partial charge in [0.1, 0.15) is 12.1 Å². The predicted molar refractivity (Wildman–Crippen MR) is 70.5 cm³/mol. The van der Waals surface area contributed by atoms with Gasteiger partial charge in [-0.25, -0.2) is 19.9 Å². The van der Waals surface area contributed by atoms with E-state index in [1.165, 1.54) is 6.33 Å². The standard InChI is InChI=1S/C13H15N5O/c19-11-2-1-5-18(8-11)12-3-4-16-13(17-12)10-6-14-9-15-7-10/h3-4,6-7,9,11,19H,1-2,5,8H2. The highest BCUT2D eigenvalue weighted by Gasteiger charge is 2.19. The molecule has 1 aliphatic heterocycles. The van der Waals surface area contributed by atoms with E-state index in [0.29, 0.717) is 12.4 Å². The Morgan fingerprint density at radius 2 is 2.11 bits per heavy atom. The Hall–Kier alpha value is -2.08. The maximum absolute atomic E-state index is 9.72. The van der Waals surface area contributed by atoms with Crippen LogP contribution in [0.2, 0.25) is 0 Å². The lowest BCUT2D eigenvalue weighted by Gasteiger charge is -2.31. The molecule has 1 saturated heterocycles. The number of hydrogen-bond donors (Lipinski definition) is 1. The first-order chi connectivity index (χ1) is 9.33. The fraction of sp³-hybridized carbons (Fsp3) is 0.385. The predicted octanol–water partition coefficient (Wildman–Crippen LogP) is 0.895. The van der Waals surface area contributed by atoms with Gasteiger partial charge in [-0.15, -0.1) is 0 Å². The van der Waals surface area contributed by atoms with Crippen molar-refractivity contribution < 1.29 is 5.11 Å². The highest BCUT2D eigenvalue weighted by Crippen LogP contribution is 2.20. The second-order valence-electron chi connectivity index (χ2n) is 4.61. The fourth-order valence-corrected chi connectivity index (χ4v) is 2.24. The molecular weight excluding hydrogens is 242 g/mol. The van der Waals surface area contributed by atoms with Crippen molar-refractivity contribution >= 4 is 5.82 Å². The van der Waals surface area contributed by atoms with Gasteiger partial charge in [-0.3, -0.25) is 0 Å². The molecule has 0 saturated carbocycles. The van der Waals surface area contributed by atoms with Crippen LogP contribution in [-0.4, -0.2) is 44.2 Å². The number of β-amino-alcohol motifs (C(OH)–C–C–N with tert-alkyl or cyclic N) is 1. The van der Waals surface area contributed by atoms with Crippen LogP contribution in [0.4, 0.5) is 5.82 Å². The summed E-state index contributed by atoms with van der Waals surface area (Å²) in [5.41, 5.74) is 0.793. The van der Waals surface area contributed by atoms with Gasteiger partial charge in [0.25, 0.3) is 0 Å². The molecule has 6 heteroatoms. The first kappa shape index (κ1) is 12.0.